The molecule has 0 aromatic carbocycles. The third-order valence-corrected chi connectivity index (χ3v) is 3.80. The minimum Gasteiger partial charge on any atom is -0.481 e. The van der Waals surface area contributed by atoms with Gasteiger partial charge in [-0.05, 0) is 18.3 Å². The predicted molar refractivity (Wildman–Crippen MR) is 62.7 cm³/mol. The molecule has 0 saturated carbocycles. The van der Waals surface area contributed by atoms with Crippen LogP contribution in [0.15, 0.2) is 6.20 Å². The first-order chi connectivity index (χ1) is 8.43. The first kappa shape index (κ1) is 12.7. The van der Waals surface area contributed by atoms with E-state index in [-0.39, 0.29) is 18.2 Å². The topological polar surface area (TPSA) is 115 Å². The molecule has 2 heterocycles. The number of aromatic nitrogens is 1. The number of anilines is 1. The zero-order valence-corrected chi connectivity index (χ0v) is 10.3. The lowest BCUT2D eigenvalue weighted by molar-refractivity contribution is -0.380. The molecule has 9 heteroatoms. The molecule has 1 saturated heterocycles. The monoisotopic (exact) mass is 273 g/mol. The number of hydrogen-bond acceptors (Lipinski definition) is 7. The van der Waals surface area contributed by atoms with Crippen LogP contribution >= 0.6 is 11.3 Å². The van der Waals surface area contributed by atoms with Crippen molar-refractivity contribution in [2.75, 3.05) is 18.5 Å². The number of nitrogens with one attached hydrogen (secondary N) is 1. The second-order valence-corrected chi connectivity index (χ2v) is 5.20. The van der Waals surface area contributed by atoms with E-state index in [1.807, 2.05) is 0 Å². The van der Waals surface area contributed by atoms with Crippen molar-refractivity contribution in [2.45, 2.75) is 13.0 Å². The van der Waals surface area contributed by atoms with Gasteiger partial charge in [0, 0.05) is 0 Å². The van der Waals surface area contributed by atoms with Crippen molar-refractivity contribution < 1.29 is 19.6 Å². The molecule has 18 heavy (non-hydrogen) atoms. The molecular weight excluding hydrogens is 262 g/mol. The fourth-order valence-electron chi connectivity index (χ4n) is 1.65. The molecule has 0 spiro atoms. The standard InChI is InChI=1S/C9H11N3O5S/c1-9(7(13)14)4-17-3-5(9)11-8-10-2-6(18-8)12(15)16/h2,5H,3-4H2,1H3,(H,10,11)(H,13,14). The van der Waals surface area contributed by atoms with Crippen LogP contribution in [0.2, 0.25) is 0 Å². The van der Waals surface area contributed by atoms with Crippen molar-refractivity contribution in [2.24, 2.45) is 5.41 Å². The Bertz CT molecular complexity index is 490. The van der Waals surface area contributed by atoms with Crippen LogP contribution in [0.4, 0.5) is 10.1 Å². The molecule has 1 aromatic heterocycles. The summed E-state index contributed by atoms with van der Waals surface area (Å²) in [5.74, 6) is -0.969. The van der Waals surface area contributed by atoms with Gasteiger partial charge in [-0.15, -0.1) is 0 Å². The Kier molecular flexibility index (Phi) is 3.18. The van der Waals surface area contributed by atoms with Gasteiger partial charge in [-0.3, -0.25) is 14.9 Å². The lowest BCUT2D eigenvalue weighted by Crippen LogP contribution is -2.43. The summed E-state index contributed by atoms with van der Waals surface area (Å²) in [5, 5.41) is 22.8. The molecule has 1 aromatic rings. The quantitative estimate of drug-likeness (QED) is 0.620. The number of hydrogen-bond donors (Lipinski definition) is 2. The Morgan fingerprint density at radius 2 is 2.56 bits per heavy atom. The second kappa shape index (κ2) is 4.50. The van der Waals surface area contributed by atoms with Crippen molar-refractivity contribution in [3.8, 4) is 0 Å². The molecule has 0 aliphatic carbocycles. The van der Waals surface area contributed by atoms with E-state index in [0.717, 1.165) is 17.5 Å². The number of nitrogens with zero attached hydrogens (tertiary/aromatic N) is 2. The molecule has 98 valence electrons. The molecular formula is C9H11N3O5S. The highest BCUT2D eigenvalue weighted by atomic mass is 32.1. The summed E-state index contributed by atoms with van der Waals surface area (Å²) in [6, 6.07) is -0.458. The number of nitro groups is 1. The summed E-state index contributed by atoms with van der Waals surface area (Å²) < 4.78 is 5.16. The van der Waals surface area contributed by atoms with Gasteiger partial charge in [0.2, 0.25) is 0 Å². The SMILES string of the molecule is CC1(C(=O)O)COCC1Nc1ncc([N+](=O)[O-])s1. The second-order valence-electron chi connectivity index (χ2n) is 4.20. The van der Waals surface area contributed by atoms with Crippen LogP contribution in [-0.2, 0) is 9.53 Å². The lowest BCUT2D eigenvalue weighted by atomic mass is 9.85. The van der Waals surface area contributed by atoms with Crippen molar-refractivity contribution in [1.29, 1.82) is 0 Å². The van der Waals surface area contributed by atoms with Crippen molar-refractivity contribution in [1.82, 2.24) is 4.98 Å². The molecule has 2 N–H and O–H groups in total. The number of carboxylic acids is 1. The lowest BCUT2D eigenvalue weighted by Gasteiger charge is -2.24. The number of rotatable bonds is 4. The Hall–Kier alpha value is -1.74. The summed E-state index contributed by atoms with van der Waals surface area (Å²) in [4.78, 5) is 25.0. The summed E-state index contributed by atoms with van der Waals surface area (Å²) in [5.41, 5.74) is -1.06. The molecule has 1 aliphatic heterocycles. The Balaban J connectivity index is 2.13. The Morgan fingerprint density at radius 1 is 1.83 bits per heavy atom. The first-order valence-corrected chi connectivity index (χ1v) is 5.93. The number of carboxylic acid groups (broad SMARTS) is 1. The van der Waals surface area contributed by atoms with Gasteiger partial charge < -0.3 is 15.2 Å². The Labute approximate surface area is 106 Å². The van der Waals surface area contributed by atoms with E-state index < -0.39 is 22.3 Å². The predicted octanol–water partition coefficient (Wildman–Crippen LogP) is 0.953. The van der Waals surface area contributed by atoms with Crippen LogP contribution in [0.3, 0.4) is 0 Å². The first-order valence-electron chi connectivity index (χ1n) is 5.11. The highest BCUT2D eigenvalue weighted by molar-refractivity contribution is 7.18. The summed E-state index contributed by atoms with van der Waals surface area (Å²) in [7, 11) is 0. The smallest absolute Gasteiger partial charge is 0.345 e. The van der Waals surface area contributed by atoms with E-state index in [1.54, 1.807) is 6.92 Å². The maximum atomic E-state index is 11.2. The van der Waals surface area contributed by atoms with Crippen LogP contribution in [-0.4, -0.2) is 40.2 Å². The van der Waals surface area contributed by atoms with Crippen molar-refractivity contribution in [3.63, 3.8) is 0 Å². The molecule has 1 fully saturated rings. The average molecular weight is 273 g/mol. The van der Waals surface area contributed by atoms with Crippen molar-refractivity contribution >= 4 is 27.4 Å². The van der Waals surface area contributed by atoms with E-state index in [2.05, 4.69) is 10.3 Å². The largest absolute Gasteiger partial charge is 0.481 e. The van der Waals surface area contributed by atoms with Crippen molar-refractivity contribution in [3.05, 3.63) is 16.3 Å². The van der Waals surface area contributed by atoms with Crippen LogP contribution in [0.25, 0.3) is 0 Å². The zero-order valence-electron chi connectivity index (χ0n) is 9.45. The van der Waals surface area contributed by atoms with Gasteiger partial charge in [-0.25, -0.2) is 4.98 Å². The summed E-state index contributed by atoms with van der Waals surface area (Å²) in [6.07, 6.45) is 1.14. The van der Waals surface area contributed by atoms with E-state index in [0.29, 0.717) is 5.13 Å². The van der Waals surface area contributed by atoms with Crippen LogP contribution in [0.1, 0.15) is 6.92 Å². The molecule has 2 unspecified atom stereocenters. The van der Waals surface area contributed by atoms with Crippen LogP contribution < -0.4 is 5.32 Å². The van der Waals surface area contributed by atoms with Gasteiger partial charge in [0.05, 0.1) is 24.2 Å². The normalized spacial score (nSPS) is 27.1. The molecule has 1 aliphatic rings. The molecule has 2 rings (SSSR count). The molecule has 8 nitrogen and oxygen atoms in total. The van der Waals surface area contributed by atoms with Gasteiger partial charge >= 0.3 is 11.0 Å². The van der Waals surface area contributed by atoms with Crippen LogP contribution in [0, 0.1) is 15.5 Å². The fraction of sp³-hybridized carbons (Fsp3) is 0.556. The van der Waals surface area contributed by atoms with Crippen LogP contribution in [0.5, 0.6) is 0 Å². The minimum absolute atomic E-state index is 0.0894. The van der Waals surface area contributed by atoms with Gasteiger partial charge in [-0.2, -0.15) is 0 Å². The maximum absolute atomic E-state index is 11.2. The number of thiazole rings is 1. The summed E-state index contributed by atoms with van der Waals surface area (Å²) in [6.45, 7) is 1.91. The molecule has 0 bridgehead atoms. The number of aliphatic carboxylic acids is 1. The third kappa shape index (κ3) is 2.14. The average Bonchev–Trinajstić information content (AvgIpc) is 2.88. The fourth-order valence-corrected chi connectivity index (χ4v) is 2.34. The van der Waals surface area contributed by atoms with E-state index in [9.17, 15) is 14.9 Å². The van der Waals surface area contributed by atoms with Gasteiger partial charge in [0.15, 0.2) is 5.13 Å². The highest BCUT2D eigenvalue weighted by Gasteiger charge is 2.47. The molecule has 0 amide bonds. The molecule has 2 atom stereocenters. The van der Waals surface area contributed by atoms with E-state index >= 15 is 0 Å². The Morgan fingerprint density at radius 3 is 3.11 bits per heavy atom. The maximum Gasteiger partial charge on any atom is 0.345 e. The third-order valence-electron chi connectivity index (χ3n) is 2.92. The summed E-state index contributed by atoms with van der Waals surface area (Å²) >= 11 is 0.870. The minimum atomic E-state index is -1.06. The van der Waals surface area contributed by atoms with E-state index in [4.69, 9.17) is 9.84 Å². The zero-order chi connectivity index (χ0) is 13.3. The van der Waals surface area contributed by atoms with E-state index in [1.165, 1.54) is 0 Å². The van der Waals surface area contributed by atoms with Gasteiger partial charge in [0.25, 0.3) is 0 Å². The van der Waals surface area contributed by atoms with Gasteiger partial charge in [-0.1, -0.05) is 0 Å². The highest BCUT2D eigenvalue weighted by Crippen LogP contribution is 2.33. The van der Waals surface area contributed by atoms with Gasteiger partial charge in [0.1, 0.15) is 11.6 Å². The number of carbonyl (C=O) groups is 1. The number of ether oxygens (including phenoxy) is 1. The molecule has 0 radical (unpaired) electrons.